The molecule has 0 bridgehead atoms. The van der Waals surface area contributed by atoms with Gasteiger partial charge in [0.25, 0.3) is 0 Å². The summed E-state index contributed by atoms with van der Waals surface area (Å²) in [5.74, 6) is 2.45. The van der Waals surface area contributed by atoms with E-state index in [9.17, 15) is 4.79 Å². The molecule has 3 atom stereocenters. The summed E-state index contributed by atoms with van der Waals surface area (Å²) in [5, 5.41) is 3.34. The fourth-order valence-corrected chi connectivity index (χ4v) is 3.65. The third-order valence-electron chi connectivity index (χ3n) is 5.31. The van der Waals surface area contributed by atoms with Crippen molar-refractivity contribution >= 4 is 17.3 Å². The number of rotatable bonds is 6. The van der Waals surface area contributed by atoms with Gasteiger partial charge in [0.1, 0.15) is 0 Å². The lowest BCUT2D eigenvalue weighted by Crippen LogP contribution is -2.14. The Morgan fingerprint density at radius 3 is 2.46 bits per heavy atom. The maximum Gasteiger partial charge on any atom is 0.311 e. The summed E-state index contributed by atoms with van der Waals surface area (Å²) in [6, 6.07) is 17.6. The Kier molecular flexibility index (Phi) is 5.61. The second-order valence-corrected chi connectivity index (χ2v) is 8.17. The smallest absolute Gasteiger partial charge is 0.311 e. The number of ether oxygens (including phenoxy) is 1. The Labute approximate surface area is 167 Å². The molecule has 1 fully saturated rings. The Morgan fingerprint density at radius 1 is 1.14 bits per heavy atom. The van der Waals surface area contributed by atoms with Gasteiger partial charge in [-0.1, -0.05) is 61.7 Å². The van der Waals surface area contributed by atoms with Gasteiger partial charge in [-0.25, -0.2) is 0 Å². The third kappa shape index (κ3) is 4.28. The van der Waals surface area contributed by atoms with Gasteiger partial charge in [-0.05, 0) is 49.4 Å². The summed E-state index contributed by atoms with van der Waals surface area (Å²) in [7, 11) is 0. The molecule has 3 rings (SSSR count). The molecule has 3 unspecified atom stereocenters. The number of hydrogen-bond donors (Lipinski definition) is 1. The lowest BCUT2D eigenvalue weighted by molar-refractivity contribution is -0.149. The maximum absolute atomic E-state index is 12.8. The van der Waals surface area contributed by atoms with Gasteiger partial charge in [0.2, 0.25) is 0 Å². The maximum atomic E-state index is 12.8. The van der Waals surface area contributed by atoms with E-state index in [0.717, 1.165) is 16.9 Å². The summed E-state index contributed by atoms with van der Waals surface area (Å²) in [6.45, 7) is 8.29. The van der Waals surface area contributed by atoms with Crippen LogP contribution in [0, 0.1) is 29.6 Å². The van der Waals surface area contributed by atoms with Crippen LogP contribution in [-0.2, 0) is 9.53 Å². The van der Waals surface area contributed by atoms with Gasteiger partial charge in [-0.3, -0.25) is 4.79 Å². The largest absolute Gasteiger partial charge is 0.444 e. The monoisotopic (exact) mass is 373 g/mol. The molecule has 2 aromatic carbocycles. The van der Waals surface area contributed by atoms with E-state index in [2.05, 4.69) is 31.2 Å². The van der Waals surface area contributed by atoms with Crippen LogP contribution in [-0.4, -0.2) is 5.97 Å². The summed E-state index contributed by atoms with van der Waals surface area (Å²) in [4.78, 5) is 12.8. The number of hydrogen-bond acceptors (Lipinski definition) is 3. The predicted octanol–water partition coefficient (Wildman–Crippen LogP) is 5.89. The number of allylic oxidation sites excluding steroid dienone is 2. The first-order chi connectivity index (χ1) is 13.3. The molecule has 1 saturated carbocycles. The fraction of sp³-hybridized carbons (Fsp3) is 0.320. The third-order valence-corrected chi connectivity index (χ3v) is 5.31. The average Bonchev–Trinajstić information content (AvgIpc) is 3.20. The number of benzene rings is 2. The number of terminal acetylenes is 1. The standard InChI is InChI=1S/C25H27NO2/c1-6-22(28-24(27)23-21(15-17(2)3)25(23,4)5)18-11-10-14-20(16-18)26-19-12-8-7-9-13-19/h1,7-16,21-23,26H,2-5H3. The van der Waals surface area contributed by atoms with E-state index in [0.29, 0.717) is 0 Å². The van der Waals surface area contributed by atoms with Gasteiger partial charge < -0.3 is 10.1 Å². The lowest BCUT2D eigenvalue weighted by Gasteiger charge is -2.15. The number of para-hydroxylation sites is 1. The van der Waals surface area contributed by atoms with Crippen LogP contribution in [0.4, 0.5) is 11.4 Å². The van der Waals surface area contributed by atoms with E-state index in [-0.39, 0.29) is 23.2 Å². The summed E-state index contributed by atoms with van der Waals surface area (Å²) in [6.07, 6.45) is 7.15. The molecule has 1 N–H and O–H groups in total. The zero-order valence-electron chi connectivity index (χ0n) is 16.9. The van der Waals surface area contributed by atoms with Crippen molar-refractivity contribution in [3.63, 3.8) is 0 Å². The first-order valence-electron chi connectivity index (χ1n) is 9.56. The van der Waals surface area contributed by atoms with Crippen LogP contribution in [0.25, 0.3) is 0 Å². The number of nitrogens with one attached hydrogen (secondary N) is 1. The molecule has 0 amide bonds. The minimum atomic E-state index is -0.700. The van der Waals surface area contributed by atoms with Crippen molar-refractivity contribution in [2.24, 2.45) is 17.3 Å². The van der Waals surface area contributed by atoms with Crippen LogP contribution < -0.4 is 5.32 Å². The summed E-state index contributed by atoms with van der Waals surface area (Å²) in [5.41, 5.74) is 3.78. The van der Waals surface area contributed by atoms with E-state index >= 15 is 0 Å². The molecule has 2 aromatic rings. The van der Waals surface area contributed by atoms with Crippen LogP contribution in [0.5, 0.6) is 0 Å². The van der Waals surface area contributed by atoms with Crippen molar-refractivity contribution < 1.29 is 9.53 Å². The highest BCUT2D eigenvalue weighted by Gasteiger charge is 2.61. The van der Waals surface area contributed by atoms with Crippen molar-refractivity contribution in [1.29, 1.82) is 0 Å². The average molecular weight is 373 g/mol. The summed E-state index contributed by atoms with van der Waals surface area (Å²) >= 11 is 0. The van der Waals surface area contributed by atoms with E-state index in [1.807, 2.05) is 68.4 Å². The van der Waals surface area contributed by atoms with Gasteiger partial charge in [-0.2, -0.15) is 0 Å². The van der Waals surface area contributed by atoms with Crippen LogP contribution in [0.2, 0.25) is 0 Å². The van der Waals surface area contributed by atoms with Gasteiger partial charge in [0, 0.05) is 16.9 Å². The normalized spacial score (nSPS) is 20.4. The zero-order valence-corrected chi connectivity index (χ0v) is 16.9. The quantitative estimate of drug-likeness (QED) is 0.390. The lowest BCUT2D eigenvalue weighted by atomic mass is 10.1. The minimum absolute atomic E-state index is 0.0930. The first kappa shape index (κ1) is 19.8. The zero-order chi connectivity index (χ0) is 20.3. The molecular formula is C25H27NO2. The Bertz CT molecular complexity index is 917. The number of anilines is 2. The molecule has 0 radical (unpaired) electrons. The van der Waals surface area contributed by atoms with Gasteiger partial charge in [-0.15, -0.1) is 6.42 Å². The van der Waals surface area contributed by atoms with Gasteiger partial charge in [0.15, 0.2) is 6.10 Å². The van der Waals surface area contributed by atoms with E-state index in [1.165, 1.54) is 5.57 Å². The second kappa shape index (κ2) is 7.94. The Morgan fingerprint density at radius 2 is 1.82 bits per heavy atom. The molecular weight excluding hydrogens is 346 g/mol. The van der Waals surface area contributed by atoms with Crippen LogP contribution in [0.3, 0.4) is 0 Å². The molecule has 1 aliphatic rings. The van der Waals surface area contributed by atoms with Crippen molar-refractivity contribution in [3.05, 3.63) is 71.8 Å². The van der Waals surface area contributed by atoms with Crippen LogP contribution in [0.1, 0.15) is 39.4 Å². The molecule has 28 heavy (non-hydrogen) atoms. The topological polar surface area (TPSA) is 38.3 Å². The van der Waals surface area contributed by atoms with Gasteiger partial charge in [0.05, 0.1) is 5.92 Å². The molecule has 0 aliphatic heterocycles. The molecule has 1 aliphatic carbocycles. The SMILES string of the molecule is C#CC(OC(=O)C1C(C=C(C)C)C1(C)C)c1cccc(Nc2ccccc2)c1. The van der Waals surface area contributed by atoms with E-state index < -0.39 is 6.10 Å². The molecule has 0 heterocycles. The molecule has 3 heteroatoms. The first-order valence-corrected chi connectivity index (χ1v) is 9.56. The fourth-order valence-electron chi connectivity index (χ4n) is 3.65. The molecule has 3 nitrogen and oxygen atoms in total. The number of carbonyl (C=O) groups is 1. The van der Waals surface area contributed by atoms with Crippen molar-refractivity contribution in [1.82, 2.24) is 0 Å². The van der Waals surface area contributed by atoms with Crippen molar-refractivity contribution in [2.75, 3.05) is 5.32 Å². The van der Waals surface area contributed by atoms with E-state index in [1.54, 1.807) is 0 Å². The Hall–Kier alpha value is -2.99. The highest BCUT2D eigenvalue weighted by Crippen LogP contribution is 2.60. The van der Waals surface area contributed by atoms with Crippen LogP contribution in [0.15, 0.2) is 66.2 Å². The van der Waals surface area contributed by atoms with E-state index in [4.69, 9.17) is 11.2 Å². The number of carbonyl (C=O) groups excluding carboxylic acids is 1. The molecule has 0 spiro atoms. The summed E-state index contributed by atoms with van der Waals surface area (Å²) < 4.78 is 5.73. The van der Waals surface area contributed by atoms with Crippen molar-refractivity contribution in [2.45, 2.75) is 33.8 Å². The van der Waals surface area contributed by atoms with Gasteiger partial charge >= 0.3 is 5.97 Å². The Balaban J connectivity index is 1.72. The molecule has 0 saturated heterocycles. The highest BCUT2D eigenvalue weighted by molar-refractivity contribution is 5.79. The van der Waals surface area contributed by atoms with Crippen molar-refractivity contribution in [3.8, 4) is 12.3 Å². The number of esters is 1. The molecule has 144 valence electrons. The highest BCUT2D eigenvalue weighted by atomic mass is 16.5. The predicted molar refractivity (Wildman–Crippen MR) is 114 cm³/mol. The minimum Gasteiger partial charge on any atom is -0.444 e. The van der Waals surface area contributed by atoms with Crippen LogP contribution >= 0.6 is 0 Å². The molecule has 0 aromatic heterocycles. The second-order valence-electron chi connectivity index (χ2n) is 8.17.